The zero-order valence-corrected chi connectivity index (χ0v) is 11.9. The summed E-state index contributed by atoms with van der Waals surface area (Å²) in [4.78, 5) is 0. The number of unbranched alkanes of at least 4 members (excludes halogenated alkanes) is 3. The molecule has 0 saturated carbocycles. The van der Waals surface area contributed by atoms with Gasteiger partial charge in [0.25, 0.3) is 0 Å². The summed E-state index contributed by atoms with van der Waals surface area (Å²) in [6.45, 7) is 3.54. The third-order valence-corrected chi connectivity index (χ3v) is 1.21. The molecule has 3 N–H and O–H groups in total. The molecule has 0 heterocycles. The summed E-state index contributed by atoms with van der Waals surface area (Å²) >= 11 is 0. The molecule has 0 radical (unpaired) electrons. The summed E-state index contributed by atoms with van der Waals surface area (Å²) in [6, 6.07) is 0. The second-order valence-corrected chi connectivity index (χ2v) is 2.63. The van der Waals surface area contributed by atoms with Crippen molar-refractivity contribution >= 4 is 7.32 Å². The minimum Gasteiger partial charge on any atom is -0.402 e. The monoisotopic (exact) mass is 254 g/mol. The molecule has 0 bridgehead atoms. The largest absolute Gasteiger partial charge is 1.00 e. The molecule has 0 aliphatic heterocycles. The van der Waals surface area contributed by atoms with Crippen molar-refractivity contribution in [3.8, 4) is 0 Å². The average Bonchev–Trinajstić information content (AvgIpc) is 1.95. The van der Waals surface area contributed by atoms with Crippen LogP contribution in [-0.2, 0) is 0 Å². The minimum absolute atomic E-state index is 0. The van der Waals surface area contributed by atoms with Gasteiger partial charge in [-0.3, -0.25) is 0 Å². The fourth-order valence-corrected chi connectivity index (χ4v) is 0.679. The van der Waals surface area contributed by atoms with Crippen LogP contribution in [0.3, 0.4) is 0 Å². The van der Waals surface area contributed by atoms with Gasteiger partial charge in [0, 0.05) is 6.42 Å². The van der Waals surface area contributed by atoms with Crippen LogP contribution in [0.15, 0.2) is 0 Å². The Morgan fingerprint density at radius 1 is 1.00 bits per heavy atom. The number of hydrogen-bond acceptors (Lipinski definition) is 3. The van der Waals surface area contributed by atoms with Crippen molar-refractivity contribution in [1.29, 1.82) is 0 Å². The van der Waals surface area contributed by atoms with Gasteiger partial charge < -0.3 is 22.0 Å². The van der Waals surface area contributed by atoms with Gasteiger partial charge in [0.05, 0.1) is 0 Å². The van der Waals surface area contributed by atoms with Crippen LogP contribution in [0.4, 0.5) is 13.2 Å². The Bertz CT molecular complexity index is 122. The third-order valence-electron chi connectivity index (χ3n) is 1.21. The van der Waals surface area contributed by atoms with E-state index >= 15 is 0 Å². The van der Waals surface area contributed by atoms with Gasteiger partial charge in [-0.05, 0) is 6.42 Å². The Kier molecular flexibility index (Phi) is 19.4. The van der Waals surface area contributed by atoms with E-state index in [4.69, 9.17) is 15.1 Å². The van der Waals surface area contributed by atoms with E-state index in [9.17, 15) is 13.2 Å². The van der Waals surface area contributed by atoms with Gasteiger partial charge in [-0.1, -0.05) is 12.8 Å². The van der Waals surface area contributed by atoms with Crippen LogP contribution < -0.4 is 51.4 Å². The van der Waals surface area contributed by atoms with Gasteiger partial charge in [-0.25, -0.2) is 0 Å². The molecule has 0 aliphatic carbocycles. The second-order valence-electron chi connectivity index (χ2n) is 2.63. The van der Waals surface area contributed by atoms with Crippen LogP contribution in [-0.4, -0.2) is 28.6 Å². The molecule has 0 saturated heterocycles. The van der Waals surface area contributed by atoms with Crippen molar-refractivity contribution in [2.24, 2.45) is 0 Å². The number of hydrogen-bond donors (Lipinski definition) is 3. The zero-order valence-electron chi connectivity index (χ0n) is 8.80. The molecule has 3 nitrogen and oxygen atoms in total. The first kappa shape index (κ1) is 21.6. The van der Waals surface area contributed by atoms with E-state index in [2.05, 4.69) is 6.92 Å². The number of halogens is 3. The minimum atomic E-state index is -3.97. The van der Waals surface area contributed by atoms with Crippen LogP contribution in [0.5, 0.6) is 0 Å². The average molecular weight is 254 g/mol. The topological polar surface area (TPSA) is 60.7 Å². The SMILES string of the molecule is OB(O)O.[CH2-]CCCCCC(F)(F)F.[K+]. The van der Waals surface area contributed by atoms with E-state index in [-0.39, 0.29) is 57.8 Å². The molecule has 0 aromatic heterocycles. The van der Waals surface area contributed by atoms with Crippen molar-refractivity contribution in [3.63, 3.8) is 0 Å². The summed E-state index contributed by atoms with van der Waals surface area (Å²) in [5.41, 5.74) is 0. The van der Waals surface area contributed by atoms with Gasteiger partial charge >= 0.3 is 64.9 Å². The first-order valence-electron chi connectivity index (χ1n) is 4.20. The number of alkyl halides is 3. The van der Waals surface area contributed by atoms with Crippen LogP contribution in [0.25, 0.3) is 0 Å². The standard InChI is InChI=1S/C7H12F3.BH3O3.K/c1-2-3-4-5-6-7(8,9)10;2-1(3)4;/h1-6H2;2-4H;/q-1;;+1. The van der Waals surface area contributed by atoms with Crippen molar-refractivity contribution in [1.82, 2.24) is 0 Å². The van der Waals surface area contributed by atoms with Crippen LogP contribution in [0, 0.1) is 6.92 Å². The van der Waals surface area contributed by atoms with Crippen molar-refractivity contribution in [2.75, 3.05) is 0 Å². The molecule has 0 spiro atoms. The van der Waals surface area contributed by atoms with Gasteiger partial charge in [0.1, 0.15) is 0 Å². The molecule has 0 rings (SSSR count). The van der Waals surface area contributed by atoms with Gasteiger partial charge in [0.2, 0.25) is 0 Å². The molecule has 0 aromatic carbocycles. The van der Waals surface area contributed by atoms with E-state index in [1.54, 1.807) is 0 Å². The third kappa shape index (κ3) is 39.2. The fraction of sp³-hybridized carbons (Fsp3) is 0.857. The Morgan fingerprint density at radius 2 is 1.40 bits per heavy atom. The van der Waals surface area contributed by atoms with Crippen molar-refractivity contribution < 1.29 is 79.6 Å². The Morgan fingerprint density at radius 3 is 1.67 bits per heavy atom. The summed E-state index contributed by atoms with van der Waals surface area (Å²) in [5, 5.41) is 21.5. The molecule has 0 amide bonds. The Balaban J connectivity index is -0.000000249. The van der Waals surface area contributed by atoms with E-state index in [1.165, 1.54) is 0 Å². The van der Waals surface area contributed by atoms with E-state index in [1.807, 2.05) is 0 Å². The number of rotatable bonds is 4. The maximum atomic E-state index is 11.5. The summed E-state index contributed by atoms with van der Waals surface area (Å²) in [7, 11) is -2.17. The van der Waals surface area contributed by atoms with Crippen LogP contribution in [0.2, 0.25) is 0 Å². The van der Waals surface area contributed by atoms with Gasteiger partial charge in [0.15, 0.2) is 0 Å². The summed E-state index contributed by atoms with van der Waals surface area (Å²) in [5.74, 6) is 0. The maximum absolute atomic E-state index is 11.5. The van der Waals surface area contributed by atoms with Crippen LogP contribution >= 0.6 is 0 Å². The fourth-order valence-electron chi connectivity index (χ4n) is 0.679. The quantitative estimate of drug-likeness (QED) is 0.318. The molecule has 0 atom stereocenters. The molecule has 0 unspecified atom stereocenters. The molecule has 86 valence electrons. The molecule has 15 heavy (non-hydrogen) atoms. The summed E-state index contributed by atoms with van der Waals surface area (Å²) in [6.07, 6.45) is -2.19. The van der Waals surface area contributed by atoms with E-state index in [0.29, 0.717) is 6.42 Å². The smallest absolute Gasteiger partial charge is 0.402 e. The van der Waals surface area contributed by atoms with Crippen molar-refractivity contribution in [2.45, 2.75) is 38.3 Å². The maximum Gasteiger partial charge on any atom is 1.00 e. The molecule has 8 heteroatoms. The molecular weight excluding hydrogens is 239 g/mol. The first-order chi connectivity index (χ1) is 6.29. The van der Waals surface area contributed by atoms with Gasteiger partial charge in [-0.2, -0.15) is 19.6 Å². The van der Waals surface area contributed by atoms with Crippen LogP contribution in [0.1, 0.15) is 32.1 Å². The van der Waals surface area contributed by atoms with Gasteiger partial charge in [-0.15, -0.1) is 0 Å². The predicted octanol–water partition coefficient (Wildman–Crippen LogP) is -1.71. The summed E-state index contributed by atoms with van der Waals surface area (Å²) < 4.78 is 34.4. The second kappa shape index (κ2) is 13.4. The molecule has 0 aromatic rings. The Hall–Kier alpha value is 1.37. The molecule has 0 fully saturated rings. The normalized spacial score (nSPS) is 9.80. The van der Waals surface area contributed by atoms with E-state index in [0.717, 1.165) is 12.8 Å². The van der Waals surface area contributed by atoms with Crippen molar-refractivity contribution in [3.05, 3.63) is 6.92 Å². The first-order valence-corrected chi connectivity index (χ1v) is 4.20. The Labute approximate surface area is 131 Å². The predicted molar refractivity (Wildman–Crippen MR) is 46.9 cm³/mol. The molecular formula is C7H15BF3KO3. The zero-order chi connectivity index (χ0) is 11.6. The molecule has 0 aliphatic rings. The van der Waals surface area contributed by atoms with E-state index < -0.39 is 19.9 Å².